The SMILES string of the molecule is O=C(CC1(O)CCCC1)Nc1cccnc1-n1cccn1. The Balaban J connectivity index is 1.74. The molecule has 0 saturated heterocycles. The van der Waals surface area contributed by atoms with Gasteiger partial charge in [-0.15, -0.1) is 0 Å². The van der Waals surface area contributed by atoms with E-state index in [1.807, 2.05) is 0 Å². The van der Waals surface area contributed by atoms with Crippen LogP contribution in [0.15, 0.2) is 36.8 Å². The van der Waals surface area contributed by atoms with Gasteiger partial charge >= 0.3 is 0 Å². The summed E-state index contributed by atoms with van der Waals surface area (Å²) in [4.78, 5) is 16.4. The van der Waals surface area contributed by atoms with E-state index in [0.29, 0.717) is 24.3 Å². The molecule has 1 fully saturated rings. The highest BCUT2D eigenvalue weighted by molar-refractivity contribution is 5.93. The van der Waals surface area contributed by atoms with Gasteiger partial charge in [0, 0.05) is 18.6 Å². The fourth-order valence-corrected chi connectivity index (χ4v) is 2.77. The molecule has 1 saturated carbocycles. The van der Waals surface area contributed by atoms with Crippen LogP contribution in [0.4, 0.5) is 5.69 Å². The van der Waals surface area contributed by atoms with E-state index in [4.69, 9.17) is 0 Å². The largest absolute Gasteiger partial charge is 0.389 e. The molecule has 1 amide bonds. The maximum absolute atomic E-state index is 12.2. The monoisotopic (exact) mass is 286 g/mol. The zero-order chi connectivity index (χ0) is 14.7. The molecule has 0 bridgehead atoms. The van der Waals surface area contributed by atoms with Crippen molar-refractivity contribution in [2.45, 2.75) is 37.7 Å². The lowest BCUT2D eigenvalue weighted by molar-refractivity contribution is -0.120. The molecule has 6 nitrogen and oxygen atoms in total. The number of aromatic nitrogens is 3. The number of pyridine rings is 1. The van der Waals surface area contributed by atoms with Gasteiger partial charge in [0.1, 0.15) is 0 Å². The van der Waals surface area contributed by atoms with Gasteiger partial charge in [0.15, 0.2) is 5.82 Å². The number of amides is 1. The molecule has 3 rings (SSSR count). The van der Waals surface area contributed by atoms with Crippen LogP contribution in [0, 0.1) is 0 Å². The second-order valence-corrected chi connectivity index (χ2v) is 5.48. The van der Waals surface area contributed by atoms with Crippen molar-refractivity contribution in [3.8, 4) is 5.82 Å². The lowest BCUT2D eigenvalue weighted by Crippen LogP contribution is -2.31. The van der Waals surface area contributed by atoms with Gasteiger partial charge < -0.3 is 10.4 Å². The van der Waals surface area contributed by atoms with Gasteiger partial charge in [-0.1, -0.05) is 12.8 Å². The van der Waals surface area contributed by atoms with Crippen LogP contribution in [0.2, 0.25) is 0 Å². The van der Waals surface area contributed by atoms with E-state index in [0.717, 1.165) is 12.8 Å². The van der Waals surface area contributed by atoms with Gasteiger partial charge in [0.25, 0.3) is 0 Å². The average Bonchev–Trinajstić information content (AvgIpc) is 3.11. The standard InChI is InChI=1S/C15H18N4O2/c20-13(11-15(21)6-1-2-7-15)18-12-5-3-8-16-14(12)19-10-4-9-17-19/h3-5,8-10,21H,1-2,6-7,11H2,(H,18,20). The number of nitrogens with zero attached hydrogens (tertiary/aromatic N) is 3. The number of carbonyl (C=O) groups excluding carboxylic acids is 1. The minimum absolute atomic E-state index is 0.125. The summed E-state index contributed by atoms with van der Waals surface area (Å²) in [7, 11) is 0. The third kappa shape index (κ3) is 3.11. The summed E-state index contributed by atoms with van der Waals surface area (Å²) in [5.74, 6) is 0.370. The summed E-state index contributed by atoms with van der Waals surface area (Å²) in [6, 6.07) is 5.33. The maximum Gasteiger partial charge on any atom is 0.227 e. The zero-order valence-electron chi connectivity index (χ0n) is 11.7. The number of hydrogen-bond donors (Lipinski definition) is 2. The smallest absolute Gasteiger partial charge is 0.227 e. The first-order valence-corrected chi connectivity index (χ1v) is 7.14. The van der Waals surface area contributed by atoms with Crippen molar-refractivity contribution in [2.75, 3.05) is 5.32 Å². The molecule has 0 atom stereocenters. The molecule has 2 N–H and O–H groups in total. The maximum atomic E-state index is 12.2. The molecule has 1 aliphatic rings. The van der Waals surface area contributed by atoms with Gasteiger partial charge in [-0.3, -0.25) is 4.79 Å². The van der Waals surface area contributed by atoms with Gasteiger partial charge in [-0.05, 0) is 31.0 Å². The Kier molecular flexibility index (Phi) is 3.70. The Labute approximate surface area is 122 Å². The molecule has 110 valence electrons. The van der Waals surface area contributed by atoms with Crippen LogP contribution in [-0.2, 0) is 4.79 Å². The van der Waals surface area contributed by atoms with E-state index in [-0.39, 0.29) is 12.3 Å². The Morgan fingerprint density at radius 2 is 2.14 bits per heavy atom. The first kappa shape index (κ1) is 13.8. The normalized spacial score (nSPS) is 16.8. The van der Waals surface area contributed by atoms with Crippen molar-refractivity contribution in [3.05, 3.63) is 36.8 Å². The van der Waals surface area contributed by atoms with Gasteiger partial charge in [-0.25, -0.2) is 9.67 Å². The highest BCUT2D eigenvalue weighted by Gasteiger charge is 2.33. The summed E-state index contributed by atoms with van der Waals surface area (Å²) in [5.41, 5.74) is -0.258. The van der Waals surface area contributed by atoms with E-state index in [9.17, 15) is 9.90 Å². The molecular formula is C15H18N4O2. The summed E-state index contributed by atoms with van der Waals surface area (Å²) >= 11 is 0. The van der Waals surface area contributed by atoms with E-state index in [1.165, 1.54) is 0 Å². The van der Waals surface area contributed by atoms with E-state index < -0.39 is 5.60 Å². The minimum Gasteiger partial charge on any atom is -0.389 e. The molecule has 0 radical (unpaired) electrons. The quantitative estimate of drug-likeness (QED) is 0.899. The number of rotatable bonds is 4. The lowest BCUT2D eigenvalue weighted by Gasteiger charge is -2.21. The third-order valence-corrected chi connectivity index (χ3v) is 3.81. The van der Waals surface area contributed by atoms with Crippen LogP contribution in [0.3, 0.4) is 0 Å². The topological polar surface area (TPSA) is 80.0 Å². The summed E-state index contributed by atoms with van der Waals surface area (Å²) in [6.07, 6.45) is 8.55. The van der Waals surface area contributed by atoms with Crippen molar-refractivity contribution in [1.29, 1.82) is 0 Å². The lowest BCUT2D eigenvalue weighted by atomic mass is 9.97. The van der Waals surface area contributed by atoms with Crippen molar-refractivity contribution in [3.63, 3.8) is 0 Å². The van der Waals surface area contributed by atoms with E-state index >= 15 is 0 Å². The van der Waals surface area contributed by atoms with Gasteiger partial charge in [0.2, 0.25) is 5.91 Å². The number of hydrogen-bond acceptors (Lipinski definition) is 4. The Bertz CT molecular complexity index is 618. The molecule has 0 aromatic carbocycles. The van der Waals surface area contributed by atoms with Crippen LogP contribution >= 0.6 is 0 Å². The second kappa shape index (κ2) is 5.65. The Morgan fingerprint density at radius 3 is 2.86 bits per heavy atom. The van der Waals surface area contributed by atoms with Crippen molar-refractivity contribution >= 4 is 11.6 Å². The van der Waals surface area contributed by atoms with Crippen LogP contribution in [0.1, 0.15) is 32.1 Å². The molecule has 2 aromatic heterocycles. The Hall–Kier alpha value is -2.21. The average molecular weight is 286 g/mol. The number of anilines is 1. The molecular weight excluding hydrogens is 268 g/mol. The molecule has 0 unspecified atom stereocenters. The van der Waals surface area contributed by atoms with E-state index in [1.54, 1.807) is 41.5 Å². The van der Waals surface area contributed by atoms with Gasteiger partial charge in [-0.2, -0.15) is 5.10 Å². The Morgan fingerprint density at radius 1 is 1.33 bits per heavy atom. The summed E-state index contributed by atoms with van der Waals surface area (Å²) < 4.78 is 1.60. The fourth-order valence-electron chi connectivity index (χ4n) is 2.77. The van der Waals surface area contributed by atoms with E-state index in [2.05, 4.69) is 15.4 Å². The van der Waals surface area contributed by atoms with Crippen molar-refractivity contribution in [2.24, 2.45) is 0 Å². The first-order chi connectivity index (χ1) is 10.2. The highest BCUT2D eigenvalue weighted by atomic mass is 16.3. The van der Waals surface area contributed by atoms with Crippen molar-refractivity contribution in [1.82, 2.24) is 14.8 Å². The summed E-state index contributed by atoms with van der Waals surface area (Å²) in [5, 5.41) is 17.3. The number of aliphatic hydroxyl groups is 1. The number of carbonyl (C=O) groups is 1. The van der Waals surface area contributed by atoms with Crippen LogP contribution in [-0.4, -0.2) is 31.4 Å². The molecule has 1 aliphatic carbocycles. The highest BCUT2D eigenvalue weighted by Crippen LogP contribution is 2.32. The van der Waals surface area contributed by atoms with Crippen LogP contribution < -0.4 is 5.32 Å². The minimum atomic E-state index is -0.849. The molecule has 2 heterocycles. The number of nitrogens with one attached hydrogen (secondary N) is 1. The zero-order valence-corrected chi connectivity index (χ0v) is 11.7. The molecule has 21 heavy (non-hydrogen) atoms. The predicted octanol–water partition coefficient (Wildman–Crippen LogP) is 1.90. The predicted molar refractivity (Wildman–Crippen MR) is 78.0 cm³/mol. The fraction of sp³-hybridized carbons (Fsp3) is 0.400. The molecule has 0 aliphatic heterocycles. The van der Waals surface area contributed by atoms with Crippen LogP contribution in [0.5, 0.6) is 0 Å². The van der Waals surface area contributed by atoms with Gasteiger partial charge in [0.05, 0.1) is 17.7 Å². The second-order valence-electron chi connectivity index (χ2n) is 5.48. The van der Waals surface area contributed by atoms with Crippen molar-refractivity contribution < 1.29 is 9.90 Å². The molecule has 0 spiro atoms. The summed E-state index contributed by atoms with van der Waals surface area (Å²) in [6.45, 7) is 0. The molecule has 2 aromatic rings. The third-order valence-electron chi connectivity index (χ3n) is 3.81. The molecule has 6 heteroatoms. The first-order valence-electron chi connectivity index (χ1n) is 7.14. The van der Waals surface area contributed by atoms with Crippen LogP contribution in [0.25, 0.3) is 5.82 Å².